The fraction of sp³-hybridized carbons (Fsp3) is 0.367. The SMILES string of the molecule is COc1ccc(C(=O)Nc2cnc(C)c(-n3cc(-c4cncc(N5CCN(C(C)(C)C)CC5)c4)nn3)c2)cc1C(F)(F)F. The number of benzene rings is 1. The van der Waals surface area contributed by atoms with Gasteiger partial charge in [-0.15, -0.1) is 5.10 Å². The zero-order valence-corrected chi connectivity index (χ0v) is 24.6. The van der Waals surface area contributed by atoms with E-state index in [4.69, 9.17) is 4.74 Å². The van der Waals surface area contributed by atoms with Crippen LogP contribution in [0.4, 0.5) is 24.5 Å². The molecule has 1 N–H and O–H groups in total. The van der Waals surface area contributed by atoms with E-state index in [1.165, 1.54) is 16.9 Å². The molecule has 13 heteroatoms. The van der Waals surface area contributed by atoms with Gasteiger partial charge in [0.25, 0.3) is 5.91 Å². The molecule has 0 atom stereocenters. The molecule has 4 heterocycles. The largest absolute Gasteiger partial charge is 0.496 e. The van der Waals surface area contributed by atoms with Crippen LogP contribution in [0.1, 0.15) is 42.4 Å². The number of alkyl halides is 3. The van der Waals surface area contributed by atoms with Crippen molar-refractivity contribution in [1.82, 2.24) is 29.9 Å². The number of hydrogen-bond donors (Lipinski definition) is 1. The van der Waals surface area contributed by atoms with Crippen LogP contribution in [-0.2, 0) is 6.18 Å². The van der Waals surface area contributed by atoms with Gasteiger partial charge in [0.05, 0.1) is 54.0 Å². The summed E-state index contributed by atoms with van der Waals surface area (Å²) >= 11 is 0. The van der Waals surface area contributed by atoms with Crippen LogP contribution < -0.4 is 15.0 Å². The molecule has 0 aliphatic carbocycles. The number of hydrogen-bond acceptors (Lipinski definition) is 8. The second kappa shape index (κ2) is 11.6. The third-order valence-corrected chi connectivity index (χ3v) is 7.44. The molecule has 0 bridgehead atoms. The molecular weight excluding hydrogens is 561 g/mol. The highest BCUT2D eigenvalue weighted by Crippen LogP contribution is 2.37. The van der Waals surface area contributed by atoms with Crippen LogP contribution in [0.5, 0.6) is 5.75 Å². The predicted octanol–water partition coefficient (Wildman–Crippen LogP) is 5.23. The minimum atomic E-state index is -4.68. The third-order valence-electron chi connectivity index (χ3n) is 7.44. The molecule has 0 radical (unpaired) electrons. The van der Waals surface area contributed by atoms with Gasteiger partial charge >= 0.3 is 6.18 Å². The lowest BCUT2D eigenvalue weighted by molar-refractivity contribution is -0.138. The number of methoxy groups -OCH3 is 1. The number of nitrogens with one attached hydrogen (secondary N) is 1. The molecular formula is C30H33F3N8O2. The predicted molar refractivity (Wildman–Crippen MR) is 157 cm³/mol. The number of halogens is 3. The fourth-order valence-corrected chi connectivity index (χ4v) is 4.99. The first-order valence-corrected chi connectivity index (χ1v) is 13.7. The van der Waals surface area contributed by atoms with Crippen molar-refractivity contribution in [3.8, 4) is 22.7 Å². The Hall–Kier alpha value is -4.52. The van der Waals surface area contributed by atoms with Crippen molar-refractivity contribution >= 4 is 17.3 Å². The van der Waals surface area contributed by atoms with E-state index < -0.39 is 17.6 Å². The molecule has 43 heavy (non-hydrogen) atoms. The quantitative estimate of drug-likeness (QED) is 0.324. The fourth-order valence-electron chi connectivity index (χ4n) is 4.99. The Balaban J connectivity index is 1.33. The van der Waals surface area contributed by atoms with Crippen molar-refractivity contribution in [2.45, 2.75) is 39.4 Å². The highest BCUT2D eigenvalue weighted by Gasteiger charge is 2.35. The summed E-state index contributed by atoms with van der Waals surface area (Å²) in [6.07, 6.45) is 2.07. The first-order chi connectivity index (χ1) is 20.3. The molecule has 1 saturated heterocycles. The summed E-state index contributed by atoms with van der Waals surface area (Å²) in [6, 6.07) is 6.81. The van der Waals surface area contributed by atoms with E-state index in [1.54, 1.807) is 25.4 Å². The topological polar surface area (TPSA) is 101 Å². The summed E-state index contributed by atoms with van der Waals surface area (Å²) in [6.45, 7) is 12.2. The van der Waals surface area contributed by atoms with Crippen molar-refractivity contribution in [3.05, 3.63) is 71.9 Å². The average molecular weight is 595 g/mol. The molecule has 10 nitrogen and oxygen atoms in total. The number of aromatic nitrogens is 5. The number of pyridine rings is 2. The zero-order valence-electron chi connectivity index (χ0n) is 24.6. The van der Waals surface area contributed by atoms with Crippen molar-refractivity contribution in [3.63, 3.8) is 0 Å². The minimum Gasteiger partial charge on any atom is -0.496 e. The highest BCUT2D eigenvalue weighted by molar-refractivity contribution is 6.04. The lowest BCUT2D eigenvalue weighted by atomic mass is 10.0. The van der Waals surface area contributed by atoms with Crippen LogP contribution >= 0.6 is 0 Å². The molecule has 4 aromatic rings. The summed E-state index contributed by atoms with van der Waals surface area (Å²) in [7, 11) is 1.14. The van der Waals surface area contributed by atoms with Gasteiger partial charge < -0.3 is 15.0 Å². The number of carbonyl (C=O) groups is 1. The smallest absolute Gasteiger partial charge is 0.419 e. The van der Waals surface area contributed by atoms with Crippen molar-refractivity contribution in [1.29, 1.82) is 0 Å². The van der Waals surface area contributed by atoms with Gasteiger partial charge in [-0.05, 0) is 58.0 Å². The Labute approximate surface area is 247 Å². The van der Waals surface area contributed by atoms with Gasteiger partial charge in [-0.2, -0.15) is 13.2 Å². The number of aryl methyl sites for hydroxylation is 1. The van der Waals surface area contributed by atoms with Crippen LogP contribution in [-0.4, -0.2) is 74.6 Å². The van der Waals surface area contributed by atoms with E-state index in [9.17, 15) is 18.0 Å². The van der Waals surface area contributed by atoms with Gasteiger partial charge in [0.15, 0.2) is 0 Å². The number of rotatable bonds is 6. The van der Waals surface area contributed by atoms with E-state index in [1.807, 2.05) is 12.3 Å². The lowest BCUT2D eigenvalue weighted by Crippen LogP contribution is -2.53. The number of carbonyl (C=O) groups excluding carboxylic acids is 1. The highest BCUT2D eigenvalue weighted by atomic mass is 19.4. The monoisotopic (exact) mass is 594 g/mol. The van der Waals surface area contributed by atoms with Gasteiger partial charge in [-0.25, -0.2) is 4.68 Å². The molecule has 5 rings (SSSR count). The standard InChI is InChI=1S/C30H33F3N8O2/c1-19-26(14-22(16-35-19)36-28(42)20-6-7-27(43-5)24(13-20)30(31,32)33)41-18-25(37-38-41)21-12-23(17-34-15-21)39-8-10-40(11-9-39)29(2,3)4/h6-7,12-18H,8-11H2,1-5H3,(H,36,42). The van der Waals surface area contributed by atoms with Crippen molar-refractivity contribution in [2.24, 2.45) is 0 Å². The molecule has 1 aliphatic rings. The first kappa shape index (κ1) is 30.0. The van der Waals surface area contributed by atoms with E-state index in [0.29, 0.717) is 17.1 Å². The normalized spacial score (nSPS) is 14.6. The average Bonchev–Trinajstić information content (AvgIpc) is 3.47. The molecule has 0 unspecified atom stereocenters. The van der Waals surface area contributed by atoms with Gasteiger partial charge in [-0.3, -0.25) is 19.7 Å². The van der Waals surface area contributed by atoms with Crippen LogP contribution in [0.25, 0.3) is 16.9 Å². The molecule has 1 aliphatic heterocycles. The summed E-state index contributed by atoms with van der Waals surface area (Å²) in [5, 5.41) is 11.2. The summed E-state index contributed by atoms with van der Waals surface area (Å²) in [5.41, 5.74) is 2.78. The van der Waals surface area contributed by atoms with Gasteiger partial charge in [-0.1, -0.05) is 5.21 Å². The van der Waals surface area contributed by atoms with E-state index >= 15 is 0 Å². The molecule has 3 aromatic heterocycles. The second-order valence-corrected chi connectivity index (χ2v) is 11.3. The summed E-state index contributed by atoms with van der Waals surface area (Å²) in [5.74, 6) is -1.09. The third kappa shape index (κ3) is 6.61. The Morgan fingerprint density at radius 1 is 1.00 bits per heavy atom. The van der Waals surface area contributed by atoms with Crippen LogP contribution in [0.2, 0.25) is 0 Å². The zero-order chi connectivity index (χ0) is 30.9. The number of anilines is 2. The number of amides is 1. The Bertz CT molecular complexity index is 1620. The van der Waals surface area contributed by atoms with E-state index in [0.717, 1.165) is 56.7 Å². The van der Waals surface area contributed by atoms with Gasteiger partial charge in [0, 0.05) is 49.0 Å². The van der Waals surface area contributed by atoms with Crippen LogP contribution in [0.15, 0.2) is 55.1 Å². The maximum Gasteiger partial charge on any atom is 0.419 e. The summed E-state index contributed by atoms with van der Waals surface area (Å²) in [4.78, 5) is 26.4. The molecule has 1 aromatic carbocycles. The maximum absolute atomic E-state index is 13.4. The maximum atomic E-state index is 13.4. The molecule has 1 amide bonds. The Kier molecular flexibility index (Phi) is 8.10. The molecule has 226 valence electrons. The number of ether oxygens (including phenoxy) is 1. The Morgan fingerprint density at radius 2 is 1.74 bits per heavy atom. The number of piperazine rings is 1. The van der Waals surface area contributed by atoms with Crippen LogP contribution in [0, 0.1) is 6.92 Å². The molecule has 1 fully saturated rings. The first-order valence-electron chi connectivity index (χ1n) is 13.7. The minimum absolute atomic E-state index is 0.129. The Morgan fingerprint density at radius 3 is 2.42 bits per heavy atom. The van der Waals surface area contributed by atoms with E-state index in [2.05, 4.69) is 56.2 Å². The summed E-state index contributed by atoms with van der Waals surface area (Å²) < 4.78 is 46.7. The number of nitrogens with zero attached hydrogens (tertiary/aromatic N) is 7. The van der Waals surface area contributed by atoms with Gasteiger partial charge in [0.1, 0.15) is 11.4 Å². The van der Waals surface area contributed by atoms with Crippen LogP contribution in [0.3, 0.4) is 0 Å². The van der Waals surface area contributed by atoms with Crippen molar-refractivity contribution < 1.29 is 22.7 Å². The second-order valence-electron chi connectivity index (χ2n) is 11.3. The van der Waals surface area contributed by atoms with Crippen molar-refractivity contribution in [2.75, 3.05) is 43.5 Å². The molecule has 0 spiro atoms. The molecule has 0 saturated carbocycles. The van der Waals surface area contributed by atoms with Gasteiger partial charge in [0.2, 0.25) is 0 Å². The van der Waals surface area contributed by atoms with E-state index in [-0.39, 0.29) is 22.5 Å². The lowest BCUT2D eigenvalue weighted by Gasteiger charge is -2.43.